The molecule has 3 aromatic rings. The molecule has 2 aliphatic rings. The molecule has 0 saturated carbocycles. The van der Waals surface area contributed by atoms with E-state index in [0.29, 0.717) is 12.0 Å². The van der Waals surface area contributed by atoms with Gasteiger partial charge in [0.05, 0.1) is 11.0 Å². The molecule has 4 nitrogen and oxygen atoms in total. The lowest BCUT2D eigenvalue weighted by Crippen LogP contribution is -2.53. The zero-order chi connectivity index (χ0) is 25.7. The van der Waals surface area contributed by atoms with Crippen LogP contribution in [0.1, 0.15) is 59.8 Å². The Morgan fingerprint density at radius 1 is 1.03 bits per heavy atom. The molecule has 0 saturated heterocycles. The SMILES string of the molecule is CCC(Cc1ccccc1)(C(=O)c1ccc2c(c1)C=CC1(Nc3ccc(C)cc3C1(C)C)O2)N(C)C. The monoisotopic (exact) mass is 480 g/mol. The molecule has 3 aromatic carbocycles. The first-order chi connectivity index (χ1) is 17.1. The van der Waals surface area contributed by atoms with Gasteiger partial charge in [0, 0.05) is 16.8 Å². The molecular weight excluding hydrogens is 444 g/mol. The van der Waals surface area contributed by atoms with Crippen LogP contribution in [-0.2, 0) is 11.8 Å². The molecule has 5 rings (SSSR count). The number of hydrogen-bond donors (Lipinski definition) is 1. The summed E-state index contributed by atoms with van der Waals surface area (Å²) in [4.78, 5) is 16.1. The molecule has 0 bridgehead atoms. The Bertz CT molecular complexity index is 1340. The zero-order valence-corrected chi connectivity index (χ0v) is 22.2. The third-order valence-electron chi connectivity index (χ3n) is 8.34. The number of anilines is 1. The van der Waals surface area contributed by atoms with Gasteiger partial charge < -0.3 is 10.1 Å². The molecule has 1 spiro atoms. The Kier molecular flexibility index (Phi) is 5.83. The minimum Gasteiger partial charge on any atom is -0.463 e. The van der Waals surface area contributed by atoms with Crippen molar-refractivity contribution in [3.63, 3.8) is 0 Å². The number of rotatable bonds is 6. The molecule has 0 radical (unpaired) electrons. The Morgan fingerprint density at radius 2 is 1.78 bits per heavy atom. The summed E-state index contributed by atoms with van der Waals surface area (Å²) in [6.45, 7) is 8.65. The van der Waals surface area contributed by atoms with Gasteiger partial charge in [0.1, 0.15) is 5.75 Å². The maximum atomic E-state index is 14.0. The fraction of sp³-hybridized carbons (Fsp3) is 0.344. The largest absolute Gasteiger partial charge is 0.463 e. The van der Waals surface area contributed by atoms with Gasteiger partial charge in [-0.05, 0) is 95.3 Å². The second kappa shape index (κ2) is 8.63. The lowest BCUT2D eigenvalue weighted by Gasteiger charge is -2.42. The van der Waals surface area contributed by atoms with Crippen LogP contribution in [0.15, 0.2) is 72.8 Å². The van der Waals surface area contributed by atoms with Crippen molar-refractivity contribution in [1.29, 1.82) is 0 Å². The molecule has 36 heavy (non-hydrogen) atoms. The van der Waals surface area contributed by atoms with Gasteiger partial charge in [-0.1, -0.05) is 55.0 Å². The van der Waals surface area contributed by atoms with Crippen LogP contribution in [0, 0.1) is 6.92 Å². The first-order valence-corrected chi connectivity index (χ1v) is 12.8. The van der Waals surface area contributed by atoms with Gasteiger partial charge in [-0.2, -0.15) is 0 Å². The van der Waals surface area contributed by atoms with E-state index < -0.39 is 11.3 Å². The number of likely N-dealkylation sites (N-methyl/N-ethyl adjacent to an activating group) is 1. The van der Waals surface area contributed by atoms with Gasteiger partial charge in [0.25, 0.3) is 0 Å². The molecule has 0 aliphatic carbocycles. The number of nitrogens with zero attached hydrogens (tertiary/aromatic N) is 1. The van der Waals surface area contributed by atoms with Crippen molar-refractivity contribution < 1.29 is 9.53 Å². The standard InChI is InChI=1S/C32H36N2O2/c1-7-31(34(5)6,21-23-11-9-8-10-12-23)29(35)25-14-16-28-24(20-25)17-18-32(36-28)30(3,4)26-19-22(2)13-15-27(26)33-32/h8-20,33H,7,21H2,1-6H3. The number of Topliss-reactive ketones (excluding diaryl/α,β-unsaturated/α-hetero) is 1. The third kappa shape index (κ3) is 3.67. The topological polar surface area (TPSA) is 41.6 Å². The van der Waals surface area contributed by atoms with E-state index in [9.17, 15) is 4.79 Å². The highest BCUT2D eigenvalue weighted by atomic mass is 16.5. The molecule has 0 amide bonds. The summed E-state index contributed by atoms with van der Waals surface area (Å²) < 4.78 is 6.69. The van der Waals surface area contributed by atoms with Crippen molar-refractivity contribution in [2.75, 3.05) is 19.4 Å². The molecule has 2 heterocycles. The number of hydrogen-bond acceptors (Lipinski definition) is 4. The quantitative estimate of drug-likeness (QED) is 0.402. The minimum absolute atomic E-state index is 0.137. The second-order valence-corrected chi connectivity index (χ2v) is 11.0. The maximum absolute atomic E-state index is 14.0. The fourth-order valence-corrected chi connectivity index (χ4v) is 5.82. The van der Waals surface area contributed by atoms with Gasteiger partial charge in [-0.15, -0.1) is 0 Å². The Morgan fingerprint density at radius 3 is 2.47 bits per heavy atom. The highest BCUT2D eigenvalue weighted by molar-refractivity contribution is 6.04. The Labute approximate surface area is 215 Å². The molecule has 1 N–H and O–H groups in total. The van der Waals surface area contributed by atoms with Crippen LogP contribution >= 0.6 is 0 Å². The molecule has 2 unspecified atom stereocenters. The lowest BCUT2D eigenvalue weighted by atomic mass is 9.76. The highest BCUT2D eigenvalue weighted by Gasteiger charge is 2.54. The van der Waals surface area contributed by atoms with E-state index in [1.54, 1.807) is 0 Å². The number of benzene rings is 3. The van der Waals surface area contributed by atoms with Gasteiger partial charge in [-0.25, -0.2) is 0 Å². The third-order valence-corrected chi connectivity index (χ3v) is 8.34. The van der Waals surface area contributed by atoms with E-state index in [1.807, 2.05) is 50.5 Å². The molecule has 4 heteroatoms. The zero-order valence-electron chi connectivity index (χ0n) is 22.2. The molecule has 0 fully saturated rings. The number of ketones is 1. The van der Waals surface area contributed by atoms with Crippen molar-refractivity contribution in [2.45, 2.75) is 57.2 Å². The van der Waals surface area contributed by atoms with Crippen LogP contribution in [0.3, 0.4) is 0 Å². The summed E-state index contributed by atoms with van der Waals surface area (Å²) >= 11 is 0. The number of carbonyl (C=O) groups is 1. The van der Waals surface area contributed by atoms with E-state index in [1.165, 1.54) is 11.1 Å². The maximum Gasteiger partial charge on any atom is 0.209 e. The average Bonchev–Trinajstić information content (AvgIpc) is 3.07. The summed E-state index contributed by atoms with van der Waals surface area (Å²) in [6.07, 6.45) is 5.60. The summed E-state index contributed by atoms with van der Waals surface area (Å²) in [5.41, 5.74) is 4.83. The Hall–Kier alpha value is -3.37. The van der Waals surface area contributed by atoms with Crippen LogP contribution in [0.2, 0.25) is 0 Å². The van der Waals surface area contributed by atoms with Crippen LogP contribution in [0.25, 0.3) is 6.08 Å². The normalized spacial score (nSPS) is 20.9. The smallest absolute Gasteiger partial charge is 0.209 e. The highest BCUT2D eigenvalue weighted by Crippen LogP contribution is 2.51. The first-order valence-electron chi connectivity index (χ1n) is 12.8. The van der Waals surface area contributed by atoms with Gasteiger partial charge in [0.2, 0.25) is 5.72 Å². The molecule has 2 aliphatic heterocycles. The Balaban J connectivity index is 1.48. The summed E-state index contributed by atoms with van der Waals surface area (Å²) in [6, 6.07) is 22.6. The molecule has 186 valence electrons. The summed E-state index contributed by atoms with van der Waals surface area (Å²) in [5, 5.41) is 3.64. The van der Waals surface area contributed by atoms with Gasteiger partial charge in [-0.3, -0.25) is 9.69 Å². The fourth-order valence-electron chi connectivity index (χ4n) is 5.82. The summed E-state index contributed by atoms with van der Waals surface area (Å²) in [5.74, 6) is 0.923. The molecule has 2 atom stereocenters. The predicted molar refractivity (Wildman–Crippen MR) is 148 cm³/mol. The molecule has 0 aromatic heterocycles. The number of nitrogens with one attached hydrogen (secondary N) is 1. The van der Waals surface area contributed by atoms with Crippen molar-refractivity contribution >= 4 is 17.5 Å². The van der Waals surface area contributed by atoms with E-state index in [0.717, 1.165) is 29.0 Å². The van der Waals surface area contributed by atoms with E-state index in [-0.39, 0.29) is 11.2 Å². The van der Waals surface area contributed by atoms with Crippen molar-refractivity contribution in [3.8, 4) is 5.75 Å². The number of fused-ring (bicyclic) bond motifs is 2. The summed E-state index contributed by atoms with van der Waals surface area (Å²) in [7, 11) is 4.01. The van der Waals surface area contributed by atoms with Crippen molar-refractivity contribution in [1.82, 2.24) is 4.90 Å². The van der Waals surface area contributed by atoms with E-state index in [2.05, 4.69) is 80.4 Å². The minimum atomic E-state index is -0.675. The second-order valence-electron chi connectivity index (χ2n) is 11.0. The van der Waals surface area contributed by atoms with E-state index >= 15 is 0 Å². The average molecular weight is 481 g/mol. The van der Waals surface area contributed by atoms with Crippen LogP contribution < -0.4 is 10.1 Å². The predicted octanol–water partition coefficient (Wildman–Crippen LogP) is 6.64. The van der Waals surface area contributed by atoms with Gasteiger partial charge >= 0.3 is 0 Å². The van der Waals surface area contributed by atoms with Crippen molar-refractivity contribution in [2.24, 2.45) is 0 Å². The number of carbonyl (C=O) groups excluding carboxylic acids is 1. The van der Waals surface area contributed by atoms with Crippen molar-refractivity contribution in [3.05, 3.63) is 101 Å². The van der Waals surface area contributed by atoms with Gasteiger partial charge in [0.15, 0.2) is 5.78 Å². The van der Waals surface area contributed by atoms with Crippen LogP contribution in [0.4, 0.5) is 5.69 Å². The first kappa shape index (κ1) is 24.3. The van der Waals surface area contributed by atoms with Crippen LogP contribution in [0.5, 0.6) is 5.75 Å². The van der Waals surface area contributed by atoms with Crippen LogP contribution in [-0.4, -0.2) is 36.0 Å². The molecular formula is C32H36N2O2. The lowest BCUT2D eigenvalue weighted by molar-refractivity contribution is 0.0665. The number of ether oxygens (including phenoxy) is 1. The van der Waals surface area contributed by atoms with E-state index in [4.69, 9.17) is 4.74 Å². The number of aryl methyl sites for hydroxylation is 1.